The molecule has 2 aromatic carbocycles. The van der Waals surface area contributed by atoms with Crippen LogP contribution in [0.2, 0.25) is 0 Å². The van der Waals surface area contributed by atoms with E-state index in [2.05, 4.69) is 49.9 Å². The van der Waals surface area contributed by atoms with E-state index < -0.39 is 0 Å². The molecule has 0 spiro atoms. The number of rotatable bonds is 7. The zero-order valence-corrected chi connectivity index (χ0v) is 19.1. The number of aromatic nitrogens is 4. The topological polar surface area (TPSA) is 84.9 Å². The second-order valence-corrected chi connectivity index (χ2v) is 8.43. The fourth-order valence-corrected chi connectivity index (χ4v) is 4.42. The first-order valence-electron chi connectivity index (χ1n) is 10.5. The fourth-order valence-electron chi connectivity index (χ4n) is 3.51. The van der Waals surface area contributed by atoms with E-state index in [4.69, 9.17) is 9.72 Å². The summed E-state index contributed by atoms with van der Waals surface area (Å²) in [6.07, 6.45) is 2.54. The third kappa shape index (κ3) is 4.75. The smallest absolute Gasteiger partial charge is 0.224 e. The van der Waals surface area contributed by atoms with Gasteiger partial charge in [0.15, 0.2) is 5.13 Å². The molecule has 0 aliphatic rings. The van der Waals surface area contributed by atoms with Crippen molar-refractivity contribution in [1.29, 1.82) is 0 Å². The third-order valence-corrected chi connectivity index (χ3v) is 6.07. The Bertz CT molecular complexity index is 1390. The third-order valence-electron chi connectivity index (χ3n) is 5.13. The van der Waals surface area contributed by atoms with Gasteiger partial charge in [-0.2, -0.15) is 4.98 Å². The second kappa shape index (κ2) is 9.22. The molecule has 0 aliphatic carbocycles. The molecule has 33 heavy (non-hydrogen) atoms. The molecule has 7 nitrogen and oxygen atoms in total. The number of ether oxygens (including phenoxy) is 1. The molecule has 0 fully saturated rings. The van der Waals surface area contributed by atoms with Crippen LogP contribution in [0.5, 0.6) is 5.88 Å². The molecule has 0 radical (unpaired) electrons. The van der Waals surface area contributed by atoms with Crippen LogP contribution in [0.4, 0.5) is 16.9 Å². The molecule has 3 aromatic heterocycles. The number of anilines is 3. The molecule has 0 aliphatic heterocycles. The molecular formula is C25H22N6OS. The Morgan fingerprint density at radius 3 is 2.52 bits per heavy atom. The van der Waals surface area contributed by atoms with Crippen molar-refractivity contribution in [3.8, 4) is 17.0 Å². The average Bonchev–Trinajstić information content (AvgIpc) is 3.26. The summed E-state index contributed by atoms with van der Waals surface area (Å²) in [6.45, 7) is 0. The maximum atomic E-state index is 5.15. The van der Waals surface area contributed by atoms with Crippen molar-refractivity contribution in [3.63, 3.8) is 0 Å². The molecule has 0 atom stereocenters. The monoisotopic (exact) mass is 454 g/mol. The molecule has 5 aromatic rings. The highest BCUT2D eigenvalue weighted by Gasteiger charge is 2.10. The summed E-state index contributed by atoms with van der Waals surface area (Å²) in [5.41, 5.74) is 5.17. The molecule has 0 amide bonds. The van der Waals surface area contributed by atoms with E-state index in [0.29, 0.717) is 17.6 Å². The largest absolute Gasteiger partial charge is 0.481 e. The van der Waals surface area contributed by atoms with E-state index >= 15 is 0 Å². The molecule has 8 heteroatoms. The number of nitrogens with zero attached hydrogens (tertiary/aromatic N) is 4. The number of pyridine rings is 1. The van der Waals surface area contributed by atoms with Crippen molar-refractivity contribution in [2.75, 3.05) is 24.8 Å². The molecule has 3 heterocycles. The van der Waals surface area contributed by atoms with Crippen molar-refractivity contribution in [2.45, 2.75) is 6.42 Å². The van der Waals surface area contributed by atoms with Gasteiger partial charge in [-0.25, -0.2) is 15.0 Å². The number of hydrogen-bond acceptors (Lipinski definition) is 8. The molecule has 2 N–H and O–H groups in total. The van der Waals surface area contributed by atoms with Gasteiger partial charge in [0.05, 0.1) is 23.0 Å². The van der Waals surface area contributed by atoms with E-state index in [-0.39, 0.29) is 0 Å². The van der Waals surface area contributed by atoms with Crippen LogP contribution in [-0.2, 0) is 6.42 Å². The highest BCUT2D eigenvalue weighted by atomic mass is 32.1. The van der Waals surface area contributed by atoms with Gasteiger partial charge in [-0.3, -0.25) is 0 Å². The lowest BCUT2D eigenvalue weighted by Crippen LogP contribution is -2.04. The van der Waals surface area contributed by atoms with Crippen LogP contribution in [0.15, 0.2) is 72.9 Å². The molecule has 5 rings (SSSR count). The zero-order chi connectivity index (χ0) is 22.6. The summed E-state index contributed by atoms with van der Waals surface area (Å²) in [6, 6.07) is 22.3. The Labute approximate surface area is 195 Å². The quantitative estimate of drug-likeness (QED) is 0.334. The fraction of sp³-hybridized carbons (Fsp3) is 0.120. The number of fused-ring (bicyclic) bond motifs is 1. The first-order chi connectivity index (χ1) is 16.2. The van der Waals surface area contributed by atoms with Gasteiger partial charge in [0.2, 0.25) is 11.8 Å². The maximum Gasteiger partial charge on any atom is 0.224 e. The lowest BCUT2D eigenvalue weighted by atomic mass is 10.1. The molecule has 0 unspecified atom stereocenters. The van der Waals surface area contributed by atoms with Crippen molar-refractivity contribution in [2.24, 2.45) is 0 Å². The maximum absolute atomic E-state index is 5.15. The second-order valence-electron chi connectivity index (χ2n) is 7.40. The molecule has 0 saturated heterocycles. The van der Waals surface area contributed by atoms with Crippen molar-refractivity contribution < 1.29 is 4.74 Å². The Morgan fingerprint density at radius 1 is 0.909 bits per heavy atom. The minimum absolute atomic E-state index is 0.571. The number of thiazole rings is 1. The highest BCUT2D eigenvalue weighted by molar-refractivity contribution is 7.22. The zero-order valence-electron chi connectivity index (χ0n) is 18.2. The first-order valence-corrected chi connectivity index (χ1v) is 11.3. The van der Waals surface area contributed by atoms with Crippen molar-refractivity contribution >= 4 is 38.5 Å². The van der Waals surface area contributed by atoms with Crippen LogP contribution >= 0.6 is 11.3 Å². The van der Waals surface area contributed by atoms with Gasteiger partial charge in [0, 0.05) is 37.4 Å². The average molecular weight is 455 g/mol. The number of hydrogen-bond donors (Lipinski definition) is 2. The van der Waals surface area contributed by atoms with Crippen molar-refractivity contribution in [1.82, 2.24) is 19.9 Å². The van der Waals surface area contributed by atoms with Crippen LogP contribution in [0.1, 0.15) is 11.3 Å². The number of methoxy groups -OCH3 is 1. The Hall–Kier alpha value is -4.04. The van der Waals surface area contributed by atoms with Gasteiger partial charge in [-0.05, 0) is 29.3 Å². The lowest BCUT2D eigenvalue weighted by Gasteiger charge is -2.08. The summed E-state index contributed by atoms with van der Waals surface area (Å²) in [5, 5.41) is 7.18. The first kappa shape index (κ1) is 20.8. The van der Waals surface area contributed by atoms with Crippen LogP contribution in [0.3, 0.4) is 0 Å². The van der Waals surface area contributed by atoms with Crippen molar-refractivity contribution in [3.05, 3.63) is 84.2 Å². The van der Waals surface area contributed by atoms with E-state index in [1.807, 2.05) is 55.7 Å². The van der Waals surface area contributed by atoms with Gasteiger partial charge >= 0.3 is 0 Å². The summed E-state index contributed by atoms with van der Waals surface area (Å²) < 4.78 is 6.23. The predicted octanol–water partition coefficient (Wildman–Crippen LogP) is 5.53. The summed E-state index contributed by atoms with van der Waals surface area (Å²) in [5.74, 6) is 1.88. The van der Waals surface area contributed by atoms with Crippen LogP contribution in [-0.4, -0.2) is 34.1 Å². The summed E-state index contributed by atoms with van der Waals surface area (Å²) in [4.78, 5) is 18.2. The minimum atomic E-state index is 0.571. The van der Waals surface area contributed by atoms with Gasteiger partial charge in [0.25, 0.3) is 0 Å². The number of nitrogens with one attached hydrogen (secondary N) is 2. The van der Waals surface area contributed by atoms with Crippen LogP contribution in [0, 0.1) is 0 Å². The minimum Gasteiger partial charge on any atom is -0.481 e. The Kier molecular flexibility index (Phi) is 5.82. The summed E-state index contributed by atoms with van der Waals surface area (Å²) in [7, 11) is 3.43. The number of benzene rings is 2. The van der Waals surface area contributed by atoms with E-state index in [1.54, 1.807) is 18.4 Å². The standard InChI is InChI=1S/C25H22N6OS/c1-26-24-28-19(12-16-6-4-3-5-7-16)14-22(30-24)31-25-29-20-10-8-17(13-21(20)33-25)18-9-11-23(32-2)27-15-18/h3-11,13-15H,12H2,1-2H3,(H2,26,28,29,30,31). The van der Waals surface area contributed by atoms with E-state index in [9.17, 15) is 0 Å². The normalized spacial score (nSPS) is 10.8. The predicted molar refractivity (Wildman–Crippen MR) is 134 cm³/mol. The van der Waals surface area contributed by atoms with E-state index in [1.165, 1.54) is 5.56 Å². The molecule has 164 valence electrons. The van der Waals surface area contributed by atoms with Gasteiger partial charge in [-0.15, -0.1) is 0 Å². The van der Waals surface area contributed by atoms with E-state index in [0.717, 1.165) is 38.6 Å². The SMILES string of the molecule is CNc1nc(Cc2ccccc2)cc(Nc2nc3ccc(-c4ccc(OC)nc4)cc3s2)n1. The van der Waals surface area contributed by atoms with Crippen LogP contribution < -0.4 is 15.4 Å². The van der Waals surface area contributed by atoms with Gasteiger partial charge in [0.1, 0.15) is 5.82 Å². The van der Waals surface area contributed by atoms with Gasteiger partial charge in [-0.1, -0.05) is 47.7 Å². The molecule has 0 bridgehead atoms. The molecular weight excluding hydrogens is 432 g/mol. The Balaban J connectivity index is 1.40. The van der Waals surface area contributed by atoms with Gasteiger partial charge < -0.3 is 15.4 Å². The van der Waals surface area contributed by atoms with Crippen LogP contribution in [0.25, 0.3) is 21.3 Å². The lowest BCUT2D eigenvalue weighted by molar-refractivity contribution is 0.398. The molecule has 0 saturated carbocycles. The highest BCUT2D eigenvalue weighted by Crippen LogP contribution is 2.32. The summed E-state index contributed by atoms with van der Waals surface area (Å²) >= 11 is 1.58. The Morgan fingerprint density at radius 2 is 1.76 bits per heavy atom.